The van der Waals surface area contributed by atoms with E-state index in [2.05, 4.69) is 0 Å². The molecule has 0 atom stereocenters. The van der Waals surface area contributed by atoms with Gasteiger partial charge >= 0.3 is 0 Å². The SMILES string of the molecule is CCC(=O)N1CCN(C(=O)C=C(C)c2ccccc2C)CC1. The van der Waals surface area contributed by atoms with Gasteiger partial charge in [-0.1, -0.05) is 31.2 Å². The van der Waals surface area contributed by atoms with Crippen molar-refractivity contribution in [3.8, 4) is 0 Å². The lowest BCUT2D eigenvalue weighted by Gasteiger charge is -2.34. The predicted octanol–water partition coefficient (Wildman–Crippen LogP) is 2.48. The number of amides is 2. The Bertz CT molecular complexity index is 585. The maximum atomic E-state index is 12.4. The molecule has 22 heavy (non-hydrogen) atoms. The van der Waals surface area contributed by atoms with E-state index in [4.69, 9.17) is 0 Å². The van der Waals surface area contributed by atoms with Crippen LogP contribution >= 0.6 is 0 Å². The van der Waals surface area contributed by atoms with Gasteiger partial charge in [0.05, 0.1) is 0 Å². The molecule has 1 aromatic carbocycles. The minimum atomic E-state index is 0.0318. The van der Waals surface area contributed by atoms with Gasteiger partial charge in [0.25, 0.3) is 0 Å². The first-order chi connectivity index (χ1) is 10.5. The molecule has 4 nitrogen and oxygen atoms in total. The van der Waals surface area contributed by atoms with Crippen molar-refractivity contribution in [1.29, 1.82) is 0 Å². The Balaban J connectivity index is 2.00. The van der Waals surface area contributed by atoms with Gasteiger partial charge in [0.15, 0.2) is 0 Å². The van der Waals surface area contributed by atoms with Gasteiger partial charge in [0.1, 0.15) is 0 Å². The summed E-state index contributed by atoms with van der Waals surface area (Å²) in [4.78, 5) is 27.7. The van der Waals surface area contributed by atoms with E-state index >= 15 is 0 Å². The number of hydrogen-bond donors (Lipinski definition) is 0. The summed E-state index contributed by atoms with van der Waals surface area (Å²) in [6.07, 6.45) is 2.24. The van der Waals surface area contributed by atoms with Crippen LogP contribution in [0.5, 0.6) is 0 Å². The average molecular weight is 300 g/mol. The molecule has 1 fully saturated rings. The molecule has 0 spiro atoms. The molecule has 0 radical (unpaired) electrons. The number of hydrogen-bond acceptors (Lipinski definition) is 2. The summed E-state index contributed by atoms with van der Waals surface area (Å²) in [5.74, 6) is 0.197. The molecule has 1 aromatic rings. The fraction of sp³-hybridized carbons (Fsp3) is 0.444. The van der Waals surface area contributed by atoms with Crippen molar-refractivity contribution in [3.05, 3.63) is 41.5 Å². The average Bonchev–Trinajstić information content (AvgIpc) is 2.54. The Labute approximate surface area is 132 Å². The third-order valence-corrected chi connectivity index (χ3v) is 4.16. The van der Waals surface area contributed by atoms with E-state index < -0.39 is 0 Å². The smallest absolute Gasteiger partial charge is 0.246 e. The largest absolute Gasteiger partial charge is 0.339 e. The van der Waals surface area contributed by atoms with Gasteiger partial charge < -0.3 is 9.80 Å². The standard InChI is InChI=1S/C18H24N2O2/c1-4-17(21)19-9-11-20(12-10-19)18(22)13-15(3)16-8-6-5-7-14(16)2/h5-8,13H,4,9-12H2,1-3H3. The van der Waals surface area contributed by atoms with Crippen LogP contribution in [0.25, 0.3) is 5.57 Å². The van der Waals surface area contributed by atoms with Crippen molar-refractivity contribution in [2.24, 2.45) is 0 Å². The fourth-order valence-electron chi connectivity index (χ4n) is 2.77. The fourth-order valence-corrected chi connectivity index (χ4v) is 2.77. The predicted molar refractivity (Wildman–Crippen MR) is 88.3 cm³/mol. The second-order valence-corrected chi connectivity index (χ2v) is 5.70. The Morgan fingerprint density at radius 2 is 1.68 bits per heavy atom. The van der Waals surface area contributed by atoms with E-state index in [1.54, 1.807) is 6.08 Å². The number of benzene rings is 1. The highest BCUT2D eigenvalue weighted by Crippen LogP contribution is 2.18. The van der Waals surface area contributed by atoms with Crippen LogP contribution < -0.4 is 0 Å². The maximum absolute atomic E-state index is 12.4. The van der Waals surface area contributed by atoms with Crippen molar-refractivity contribution in [1.82, 2.24) is 9.80 Å². The lowest BCUT2D eigenvalue weighted by molar-refractivity contribution is -0.137. The second kappa shape index (κ2) is 7.25. The van der Waals surface area contributed by atoms with Crippen LogP contribution in [-0.2, 0) is 9.59 Å². The third kappa shape index (κ3) is 3.75. The minimum Gasteiger partial charge on any atom is -0.339 e. The van der Waals surface area contributed by atoms with Gasteiger partial charge in [-0.3, -0.25) is 9.59 Å². The minimum absolute atomic E-state index is 0.0318. The first kappa shape index (κ1) is 16.3. The highest BCUT2D eigenvalue weighted by molar-refractivity contribution is 5.95. The summed E-state index contributed by atoms with van der Waals surface area (Å²) >= 11 is 0. The van der Waals surface area contributed by atoms with Crippen molar-refractivity contribution >= 4 is 17.4 Å². The first-order valence-corrected chi connectivity index (χ1v) is 7.84. The third-order valence-electron chi connectivity index (χ3n) is 4.16. The quantitative estimate of drug-likeness (QED) is 0.805. The molecule has 2 amide bonds. The summed E-state index contributed by atoms with van der Waals surface area (Å²) < 4.78 is 0. The summed E-state index contributed by atoms with van der Waals surface area (Å²) in [7, 11) is 0. The van der Waals surface area contributed by atoms with Crippen LogP contribution in [0.1, 0.15) is 31.4 Å². The molecule has 0 aliphatic carbocycles. The molecular formula is C18H24N2O2. The van der Waals surface area contributed by atoms with E-state index in [1.807, 2.05) is 54.8 Å². The van der Waals surface area contributed by atoms with Crippen LogP contribution in [0.15, 0.2) is 30.3 Å². The molecule has 1 saturated heterocycles. The number of allylic oxidation sites excluding steroid dienone is 1. The number of rotatable bonds is 3. The maximum Gasteiger partial charge on any atom is 0.246 e. The van der Waals surface area contributed by atoms with E-state index in [1.165, 1.54) is 5.56 Å². The monoisotopic (exact) mass is 300 g/mol. The zero-order valence-corrected chi connectivity index (χ0v) is 13.6. The first-order valence-electron chi connectivity index (χ1n) is 7.84. The molecule has 0 N–H and O–H groups in total. The van der Waals surface area contributed by atoms with Gasteiger partial charge in [-0.05, 0) is 30.5 Å². The molecule has 0 bridgehead atoms. The lowest BCUT2D eigenvalue weighted by atomic mass is 10.0. The van der Waals surface area contributed by atoms with Crippen LogP contribution in [-0.4, -0.2) is 47.8 Å². The number of carbonyl (C=O) groups is 2. The second-order valence-electron chi connectivity index (χ2n) is 5.70. The summed E-state index contributed by atoms with van der Waals surface area (Å²) in [5.41, 5.74) is 3.26. The number of carbonyl (C=O) groups excluding carboxylic acids is 2. The van der Waals surface area contributed by atoms with Crippen LogP contribution in [0.4, 0.5) is 0 Å². The molecule has 1 aliphatic rings. The Hall–Kier alpha value is -2.10. The van der Waals surface area contributed by atoms with Crippen molar-refractivity contribution in [3.63, 3.8) is 0 Å². The van der Waals surface area contributed by atoms with E-state index in [9.17, 15) is 9.59 Å². The molecule has 0 saturated carbocycles. The van der Waals surface area contributed by atoms with Crippen LogP contribution in [0, 0.1) is 6.92 Å². The highest BCUT2D eigenvalue weighted by Gasteiger charge is 2.22. The van der Waals surface area contributed by atoms with Gasteiger partial charge in [0.2, 0.25) is 11.8 Å². The molecule has 4 heteroatoms. The number of nitrogens with zero attached hydrogens (tertiary/aromatic N) is 2. The van der Waals surface area contributed by atoms with Gasteiger partial charge in [0, 0.05) is 38.7 Å². The zero-order valence-electron chi connectivity index (χ0n) is 13.6. The Morgan fingerprint density at radius 3 is 2.27 bits per heavy atom. The van der Waals surface area contributed by atoms with Crippen LogP contribution in [0.3, 0.4) is 0 Å². The molecule has 0 unspecified atom stereocenters. The molecular weight excluding hydrogens is 276 g/mol. The lowest BCUT2D eigenvalue weighted by Crippen LogP contribution is -2.50. The Kier molecular flexibility index (Phi) is 5.36. The molecule has 0 aromatic heterocycles. The van der Waals surface area contributed by atoms with Gasteiger partial charge in [-0.15, -0.1) is 0 Å². The highest BCUT2D eigenvalue weighted by atomic mass is 16.2. The van der Waals surface area contributed by atoms with Crippen molar-refractivity contribution in [2.45, 2.75) is 27.2 Å². The summed E-state index contributed by atoms with van der Waals surface area (Å²) in [5, 5.41) is 0. The normalized spacial score (nSPS) is 15.9. The van der Waals surface area contributed by atoms with Crippen LogP contribution in [0.2, 0.25) is 0 Å². The van der Waals surface area contributed by atoms with Crippen molar-refractivity contribution in [2.75, 3.05) is 26.2 Å². The van der Waals surface area contributed by atoms with E-state index in [0.29, 0.717) is 32.6 Å². The summed E-state index contributed by atoms with van der Waals surface area (Å²) in [6.45, 7) is 8.38. The van der Waals surface area contributed by atoms with Gasteiger partial charge in [-0.25, -0.2) is 0 Å². The van der Waals surface area contributed by atoms with Crippen molar-refractivity contribution < 1.29 is 9.59 Å². The molecule has 1 heterocycles. The number of piperazine rings is 1. The Morgan fingerprint density at radius 1 is 1.09 bits per heavy atom. The zero-order chi connectivity index (χ0) is 16.1. The van der Waals surface area contributed by atoms with E-state index in [0.717, 1.165) is 11.1 Å². The topological polar surface area (TPSA) is 40.6 Å². The molecule has 1 aliphatic heterocycles. The summed E-state index contributed by atoms with van der Waals surface area (Å²) in [6, 6.07) is 8.07. The molecule has 118 valence electrons. The number of aryl methyl sites for hydroxylation is 1. The van der Waals surface area contributed by atoms with E-state index in [-0.39, 0.29) is 11.8 Å². The van der Waals surface area contributed by atoms with Gasteiger partial charge in [-0.2, -0.15) is 0 Å². The molecule has 2 rings (SSSR count).